The zero-order valence-electron chi connectivity index (χ0n) is 14.7. The summed E-state index contributed by atoms with van der Waals surface area (Å²) in [5, 5.41) is 8.75. The fourth-order valence-corrected chi connectivity index (χ4v) is 4.23. The smallest absolute Gasteiger partial charge is 0.258 e. The molecule has 0 aliphatic carbocycles. The van der Waals surface area contributed by atoms with Crippen LogP contribution in [-0.2, 0) is 0 Å². The van der Waals surface area contributed by atoms with E-state index in [9.17, 15) is 4.79 Å². The van der Waals surface area contributed by atoms with Crippen molar-refractivity contribution in [1.29, 1.82) is 0 Å². The topological polar surface area (TPSA) is 63.2 Å². The van der Waals surface area contributed by atoms with Crippen molar-refractivity contribution in [1.82, 2.24) is 10.3 Å². The molecular weight excluding hydrogens is 414 g/mol. The maximum atomic E-state index is 12.7. The molecule has 5 nitrogen and oxygen atoms in total. The first-order valence-electron chi connectivity index (χ1n) is 8.29. The zero-order valence-corrected chi connectivity index (χ0v) is 17.0. The minimum atomic E-state index is -0.278. The maximum Gasteiger partial charge on any atom is 0.258 e. The molecule has 4 aromatic rings. The van der Waals surface area contributed by atoms with Crippen molar-refractivity contribution in [3.05, 3.63) is 65.2 Å². The highest BCUT2D eigenvalue weighted by molar-refractivity contribution is 7.80. The van der Waals surface area contributed by atoms with E-state index in [1.165, 1.54) is 11.3 Å². The lowest BCUT2D eigenvalue weighted by Gasteiger charge is -2.09. The van der Waals surface area contributed by atoms with Crippen LogP contribution < -0.4 is 15.4 Å². The summed E-state index contributed by atoms with van der Waals surface area (Å²) in [5.41, 5.74) is 1.28. The van der Waals surface area contributed by atoms with Gasteiger partial charge in [0, 0.05) is 11.6 Å². The fraction of sp³-hybridized carbons (Fsp3) is 0.0500. The normalized spacial score (nSPS) is 10.8. The van der Waals surface area contributed by atoms with Crippen LogP contribution in [-0.4, -0.2) is 23.1 Å². The second kappa shape index (κ2) is 7.71. The van der Waals surface area contributed by atoms with Crippen LogP contribution in [0.1, 0.15) is 10.4 Å². The number of amides is 1. The number of methoxy groups -OCH3 is 1. The molecule has 2 N–H and O–H groups in total. The third-order valence-electron chi connectivity index (χ3n) is 4.14. The molecule has 0 spiro atoms. The molecule has 140 valence electrons. The largest absolute Gasteiger partial charge is 0.495 e. The first kappa shape index (κ1) is 18.6. The molecule has 8 heteroatoms. The Morgan fingerprint density at radius 2 is 1.96 bits per heavy atom. The summed E-state index contributed by atoms with van der Waals surface area (Å²) in [4.78, 5) is 17.1. The molecule has 1 amide bonds. The molecule has 0 bridgehead atoms. The second-order valence-electron chi connectivity index (χ2n) is 5.91. The summed E-state index contributed by atoms with van der Waals surface area (Å²) in [7, 11) is 1.56. The molecule has 4 rings (SSSR count). The predicted octanol–water partition coefficient (Wildman–Crippen LogP) is 5.24. The van der Waals surface area contributed by atoms with E-state index in [2.05, 4.69) is 15.6 Å². The molecule has 0 aliphatic heterocycles. The molecule has 1 aromatic heterocycles. The van der Waals surface area contributed by atoms with Crippen LogP contribution in [0.2, 0.25) is 5.02 Å². The molecule has 0 aliphatic rings. The third kappa shape index (κ3) is 3.64. The van der Waals surface area contributed by atoms with Gasteiger partial charge in [-0.2, -0.15) is 0 Å². The number of nitrogens with zero attached hydrogens (tertiary/aromatic N) is 1. The third-order valence-corrected chi connectivity index (χ3v) is 5.58. The molecule has 3 aromatic carbocycles. The van der Waals surface area contributed by atoms with Crippen LogP contribution in [0.5, 0.6) is 5.75 Å². The van der Waals surface area contributed by atoms with E-state index in [1.54, 1.807) is 19.2 Å². The quantitative estimate of drug-likeness (QED) is 0.438. The lowest BCUT2D eigenvalue weighted by Crippen LogP contribution is -2.34. The molecule has 0 fully saturated rings. The van der Waals surface area contributed by atoms with Crippen LogP contribution in [0, 0.1) is 0 Å². The van der Waals surface area contributed by atoms with E-state index in [1.807, 2.05) is 42.5 Å². The summed E-state index contributed by atoms with van der Waals surface area (Å²) in [6.07, 6.45) is 0. The van der Waals surface area contributed by atoms with E-state index < -0.39 is 0 Å². The van der Waals surface area contributed by atoms with Gasteiger partial charge in [0.05, 0.1) is 22.3 Å². The van der Waals surface area contributed by atoms with Crippen LogP contribution in [0.15, 0.2) is 54.6 Å². The van der Waals surface area contributed by atoms with E-state index in [-0.39, 0.29) is 11.0 Å². The first-order valence-corrected chi connectivity index (χ1v) is 9.89. The summed E-state index contributed by atoms with van der Waals surface area (Å²) >= 11 is 12.8. The lowest BCUT2D eigenvalue weighted by atomic mass is 10.0. The number of thiocarbonyl (C=S) groups is 1. The van der Waals surface area contributed by atoms with Gasteiger partial charge in [-0.3, -0.25) is 10.1 Å². The average Bonchev–Trinajstić information content (AvgIpc) is 3.07. The molecule has 0 atom stereocenters. The van der Waals surface area contributed by atoms with Gasteiger partial charge in [0.25, 0.3) is 5.91 Å². The Morgan fingerprint density at radius 3 is 2.79 bits per heavy atom. The number of ether oxygens (including phenoxy) is 1. The zero-order chi connectivity index (χ0) is 19.7. The van der Waals surface area contributed by atoms with Gasteiger partial charge in [-0.1, -0.05) is 59.3 Å². The van der Waals surface area contributed by atoms with Crippen molar-refractivity contribution in [2.24, 2.45) is 0 Å². The molecule has 0 saturated heterocycles. The summed E-state index contributed by atoms with van der Waals surface area (Å²) in [6, 6.07) is 16.8. The van der Waals surface area contributed by atoms with Crippen molar-refractivity contribution in [2.45, 2.75) is 0 Å². The van der Waals surface area contributed by atoms with E-state index in [0.717, 1.165) is 21.0 Å². The number of fused-ring (bicyclic) bond motifs is 2. The van der Waals surface area contributed by atoms with Gasteiger partial charge < -0.3 is 10.1 Å². The average molecular weight is 428 g/mol. The van der Waals surface area contributed by atoms with Gasteiger partial charge in [0.1, 0.15) is 5.75 Å². The Labute approximate surface area is 175 Å². The highest BCUT2D eigenvalue weighted by Crippen LogP contribution is 2.34. The Hall–Kier alpha value is -2.74. The van der Waals surface area contributed by atoms with Gasteiger partial charge >= 0.3 is 0 Å². The van der Waals surface area contributed by atoms with E-state index in [4.69, 9.17) is 28.6 Å². The predicted molar refractivity (Wildman–Crippen MR) is 119 cm³/mol. The number of carbonyl (C=O) groups is 1. The molecule has 28 heavy (non-hydrogen) atoms. The van der Waals surface area contributed by atoms with Crippen LogP contribution >= 0.6 is 35.2 Å². The number of aromatic nitrogens is 1. The monoisotopic (exact) mass is 427 g/mol. The Bertz CT molecular complexity index is 1220. The van der Waals surface area contributed by atoms with E-state index >= 15 is 0 Å². The molecule has 0 radical (unpaired) electrons. The van der Waals surface area contributed by atoms with Crippen molar-refractivity contribution in [2.75, 3.05) is 12.4 Å². The Kier molecular flexibility index (Phi) is 5.13. The van der Waals surface area contributed by atoms with Crippen molar-refractivity contribution >= 4 is 72.3 Å². The van der Waals surface area contributed by atoms with Crippen molar-refractivity contribution < 1.29 is 9.53 Å². The number of carbonyl (C=O) groups excluding carboxylic acids is 1. The highest BCUT2D eigenvalue weighted by Gasteiger charge is 2.13. The van der Waals surface area contributed by atoms with Crippen LogP contribution in [0.3, 0.4) is 0 Å². The van der Waals surface area contributed by atoms with Crippen molar-refractivity contribution in [3.63, 3.8) is 0 Å². The Balaban J connectivity index is 1.52. The number of anilines is 1. The number of hydrogen-bond acceptors (Lipinski definition) is 5. The minimum Gasteiger partial charge on any atom is -0.495 e. The number of thiazole rings is 1. The van der Waals surface area contributed by atoms with Gasteiger partial charge in [-0.15, -0.1) is 0 Å². The number of hydrogen-bond donors (Lipinski definition) is 2. The molecule has 0 unspecified atom stereocenters. The molecular formula is C20H14ClN3O2S2. The standard InChI is InChI=1S/C20H14ClN3O2S2/c1-26-16-10-17-15(9-14(16)21)22-20(28-17)24-19(27)23-18(25)13-8-4-6-11-5-2-3-7-12(11)13/h2-10H,1H3,(H2,22,23,24,25,27). The summed E-state index contributed by atoms with van der Waals surface area (Å²) < 4.78 is 6.12. The molecule has 1 heterocycles. The van der Waals surface area contributed by atoms with Crippen LogP contribution in [0.4, 0.5) is 5.13 Å². The number of halogens is 1. The SMILES string of the molecule is COc1cc2sc(NC(=S)NC(=O)c3cccc4ccccc34)nc2cc1Cl. The van der Waals surface area contributed by atoms with Gasteiger partial charge in [0.15, 0.2) is 10.2 Å². The lowest BCUT2D eigenvalue weighted by molar-refractivity contribution is 0.0979. The van der Waals surface area contributed by atoms with Gasteiger partial charge in [-0.25, -0.2) is 4.98 Å². The highest BCUT2D eigenvalue weighted by atomic mass is 35.5. The van der Waals surface area contributed by atoms with E-state index in [0.29, 0.717) is 21.5 Å². The fourth-order valence-electron chi connectivity index (χ4n) is 2.86. The van der Waals surface area contributed by atoms with Gasteiger partial charge in [-0.05, 0) is 35.1 Å². The maximum absolute atomic E-state index is 12.7. The minimum absolute atomic E-state index is 0.176. The second-order valence-corrected chi connectivity index (χ2v) is 7.75. The summed E-state index contributed by atoms with van der Waals surface area (Å²) in [5.74, 6) is 0.302. The number of nitrogens with one attached hydrogen (secondary N) is 2. The van der Waals surface area contributed by atoms with Crippen LogP contribution in [0.25, 0.3) is 21.0 Å². The van der Waals surface area contributed by atoms with Crippen molar-refractivity contribution in [3.8, 4) is 5.75 Å². The number of rotatable bonds is 3. The Morgan fingerprint density at radius 1 is 1.18 bits per heavy atom. The van der Waals surface area contributed by atoms with Gasteiger partial charge in [0.2, 0.25) is 0 Å². The number of benzene rings is 3. The first-order chi connectivity index (χ1) is 13.5. The summed E-state index contributed by atoms with van der Waals surface area (Å²) in [6.45, 7) is 0. The molecule has 0 saturated carbocycles.